The number of non-ortho nitro benzene ring substituents is 1. The maximum atomic E-state index is 11.1. The summed E-state index contributed by atoms with van der Waals surface area (Å²) in [7, 11) is 3.26. The number of benzene rings is 2. The van der Waals surface area contributed by atoms with Crippen molar-refractivity contribution in [1.29, 1.82) is 0 Å². The number of hydrogen-bond acceptors (Lipinski definition) is 6. The Balaban J connectivity index is 1.61. The van der Waals surface area contributed by atoms with Crippen LogP contribution in [-0.2, 0) is 6.54 Å². The lowest BCUT2D eigenvalue weighted by Crippen LogP contribution is -2.38. The van der Waals surface area contributed by atoms with Crippen molar-refractivity contribution < 1.29 is 14.4 Å². The van der Waals surface area contributed by atoms with E-state index in [4.69, 9.17) is 9.47 Å². The number of methoxy groups -OCH3 is 2. The predicted molar refractivity (Wildman–Crippen MR) is 112 cm³/mol. The highest BCUT2D eigenvalue weighted by Crippen LogP contribution is 2.31. The molecule has 7 nitrogen and oxygen atoms in total. The Bertz CT molecular complexity index is 838. The van der Waals surface area contributed by atoms with E-state index in [-0.39, 0.29) is 11.7 Å². The molecule has 1 fully saturated rings. The molecule has 3 rings (SSSR count). The summed E-state index contributed by atoms with van der Waals surface area (Å²) in [5.41, 5.74) is 1.88. The van der Waals surface area contributed by atoms with Gasteiger partial charge in [-0.2, -0.15) is 0 Å². The molecular formula is C20H24BrN3O4. The van der Waals surface area contributed by atoms with Crippen LogP contribution in [0.2, 0.25) is 0 Å². The smallest absolute Gasteiger partial charge is 0.271 e. The van der Waals surface area contributed by atoms with Crippen LogP contribution in [0.1, 0.15) is 18.4 Å². The van der Waals surface area contributed by atoms with Gasteiger partial charge in [0.2, 0.25) is 0 Å². The molecule has 28 heavy (non-hydrogen) atoms. The zero-order valence-corrected chi connectivity index (χ0v) is 17.6. The summed E-state index contributed by atoms with van der Waals surface area (Å²) < 4.78 is 11.9. The largest absolute Gasteiger partial charge is 0.496 e. The van der Waals surface area contributed by atoms with Gasteiger partial charge in [0.25, 0.3) is 5.69 Å². The SMILES string of the molecule is COc1ccc(Br)cc1CN1CCC(Nc2cc([N+](=O)[O-])ccc2OC)CC1. The van der Waals surface area contributed by atoms with Gasteiger partial charge < -0.3 is 14.8 Å². The molecule has 1 heterocycles. The summed E-state index contributed by atoms with van der Waals surface area (Å²) in [6.45, 7) is 2.70. The second-order valence-electron chi connectivity index (χ2n) is 6.79. The van der Waals surface area contributed by atoms with Crippen LogP contribution >= 0.6 is 15.9 Å². The molecule has 8 heteroatoms. The summed E-state index contributed by atoms with van der Waals surface area (Å²) in [6.07, 6.45) is 1.89. The second kappa shape index (κ2) is 9.25. The van der Waals surface area contributed by atoms with Gasteiger partial charge in [-0.3, -0.25) is 15.0 Å². The van der Waals surface area contributed by atoms with E-state index in [0.717, 1.165) is 48.3 Å². The van der Waals surface area contributed by atoms with Crippen LogP contribution in [0.3, 0.4) is 0 Å². The Morgan fingerprint density at radius 2 is 1.82 bits per heavy atom. The molecule has 0 amide bonds. The predicted octanol–water partition coefficient (Wildman–Crippen LogP) is 4.45. The van der Waals surface area contributed by atoms with Gasteiger partial charge in [0.1, 0.15) is 11.5 Å². The van der Waals surface area contributed by atoms with Gasteiger partial charge >= 0.3 is 0 Å². The van der Waals surface area contributed by atoms with Gasteiger partial charge in [0, 0.05) is 47.8 Å². The van der Waals surface area contributed by atoms with Crippen molar-refractivity contribution in [2.75, 3.05) is 32.6 Å². The topological polar surface area (TPSA) is 76.9 Å². The number of ether oxygens (including phenoxy) is 2. The van der Waals surface area contributed by atoms with E-state index in [1.807, 2.05) is 12.1 Å². The van der Waals surface area contributed by atoms with E-state index in [1.54, 1.807) is 20.3 Å². The number of nitrogens with zero attached hydrogens (tertiary/aromatic N) is 2. The number of piperidine rings is 1. The van der Waals surface area contributed by atoms with Crippen LogP contribution in [0.5, 0.6) is 11.5 Å². The minimum absolute atomic E-state index is 0.0579. The molecule has 1 aliphatic rings. The fourth-order valence-corrected chi connectivity index (χ4v) is 3.90. The zero-order chi connectivity index (χ0) is 20.1. The van der Waals surface area contributed by atoms with Gasteiger partial charge in [-0.25, -0.2) is 0 Å². The van der Waals surface area contributed by atoms with Crippen LogP contribution < -0.4 is 14.8 Å². The fraction of sp³-hybridized carbons (Fsp3) is 0.400. The molecule has 0 unspecified atom stereocenters. The number of hydrogen-bond donors (Lipinski definition) is 1. The van der Waals surface area contributed by atoms with Crippen LogP contribution in [-0.4, -0.2) is 43.2 Å². The average Bonchev–Trinajstić information content (AvgIpc) is 2.69. The van der Waals surface area contributed by atoms with E-state index in [9.17, 15) is 10.1 Å². The lowest BCUT2D eigenvalue weighted by atomic mass is 10.0. The van der Waals surface area contributed by atoms with Crippen LogP contribution in [0, 0.1) is 10.1 Å². The number of nitro groups is 1. The maximum Gasteiger partial charge on any atom is 0.271 e. The molecule has 1 N–H and O–H groups in total. The Hall–Kier alpha value is -2.32. The molecule has 0 spiro atoms. The average molecular weight is 450 g/mol. The summed E-state index contributed by atoms with van der Waals surface area (Å²) in [5, 5.41) is 14.5. The fourth-order valence-electron chi connectivity index (χ4n) is 3.49. The quantitative estimate of drug-likeness (QED) is 0.496. The normalized spacial score (nSPS) is 15.2. The van der Waals surface area contributed by atoms with Crippen molar-refractivity contribution in [2.24, 2.45) is 0 Å². The third kappa shape index (κ3) is 4.94. The minimum atomic E-state index is -0.390. The maximum absolute atomic E-state index is 11.1. The molecule has 0 aliphatic carbocycles. The monoisotopic (exact) mass is 449 g/mol. The van der Waals surface area contributed by atoms with Gasteiger partial charge in [-0.05, 0) is 37.1 Å². The summed E-state index contributed by atoms with van der Waals surface area (Å²) in [5.74, 6) is 1.51. The van der Waals surface area contributed by atoms with Crippen molar-refractivity contribution in [3.8, 4) is 11.5 Å². The third-order valence-corrected chi connectivity index (χ3v) is 5.47. The van der Waals surface area contributed by atoms with Crippen LogP contribution in [0.4, 0.5) is 11.4 Å². The Morgan fingerprint density at radius 3 is 2.46 bits per heavy atom. The van der Waals surface area contributed by atoms with Crippen molar-refractivity contribution in [1.82, 2.24) is 4.90 Å². The van der Waals surface area contributed by atoms with Crippen LogP contribution in [0.15, 0.2) is 40.9 Å². The summed E-state index contributed by atoms with van der Waals surface area (Å²) in [4.78, 5) is 13.1. The number of rotatable bonds is 7. The molecule has 2 aromatic carbocycles. The van der Waals surface area contributed by atoms with Gasteiger partial charge in [-0.1, -0.05) is 15.9 Å². The first-order valence-electron chi connectivity index (χ1n) is 9.14. The van der Waals surface area contributed by atoms with E-state index < -0.39 is 4.92 Å². The standard InChI is InChI=1S/C20H24BrN3O4/c1-27-19-5-3-15(21)11-14(19)13-23-9-7-16(8-10-23)22-18-12-17(24(25)26)4-6-20(18)28-2/h3-6,11-12,16,22H,7-10,13H2,1-2H3. The molecule has 1 aliphatic heterocycles. The first-order chi connectivity index (χ1) is 13.5. The van der Waals surface area contributed by atoms with Crippen LogP contribution in [0.25, 0.3) is 0 Å². The number of likely N-dealkylation sites (tertiary alicyclic amines) is 1. The van der Waals surface area contributed by atoms with Gasteiger partial charge in [-0.15, -0.1) is 0 Å². The molecule has 0 bridgehead atoms. The number of anilines is 1. The Labute approximate surface area is 172 Å². The molecule has 0 radical (unpaired) electrons. The van der Waals surface area contributed by atoms with E-state index >= 15 is 0 Å². The number of nitrogens with one attached hydrogen (secondary N) is 1. The molecule has 1 saturated heterocycles. The van der Waals surface area contributed by atoms with Crippen molar-refractivity contribution in [2.45, 2.75) is 25.4 Å². The van der Waals surface area contributed by atoms with Crippen molar-refractivity contribution in [3.63, 3.8) is 0 Å². The molecular weight excluding hydrogens is 426 g/mol. The summed E-state index contributed by atoms with van der Waals surface area (Å²) in [6, 6.07) is 10.9. The van der Waals surface area contributed by atoms with E-state index in [2.05, 4.69) is 32.2 Å². The molecule has 0 aromatic heterocycles. The second-order valence-corrected chi connectivity index (χ2v) is 7.71. The first-order valence-corrected chi connectivity index (χ1v) is 9.93. The highest BCUT2D eigenvalue weighted by molar-refractivity contribution is 9.10. The highest BCUT2D eigenvalue weighted by atomic mass is 79.9. The third-order valence-electron chi connectivity index (χ3n) is 4.98. The zero-order valence-electron chi connectivity index (χ0n) is 16.0. The van der Waals surface area contributed by atoms with Gasteiger partial charge in [0.15, 0.2) is 0 Å². The van der Waals surface area contributed by atoms with E-state index in [1.165, 1.54) is 12.1 Å². The molecule has 0 saturated carbocycles. The Kier molecular flexibility index (Phi) is 6.74. The van der Waals surface area contributed by atoms with Gasteiger partial charge in [0.05, 0.1) is 24.8 Å². The lowest BCUT2D eigenvalue weighted by Gasteiger charge is -2.33. The highest BCUT2D eigenvalue weighted by Gasteiger charge is 2.22. The Morgan fingerprint density at radius 1 is 1.14 bits per heavy atom. The lowest BCUT2D eigenvalue weighted by molar-refractivity contribution is -0.384. The van der Waals surface area contributed by atoms with Crippen molar-refractivity contribution >= 4 is 27.3 Å². The molecule has 150 valence electrons. The minimum Gasteiger partial charge on any atom is -0.496 e. The number of halogens is 1. The van der Waals surface area contributed by atoms with E-state index in [0.29, 0.717) is 11.4 Å². The molecule has 2 aromatic rings. The first kappa shape index (κ1) is 20.4. The summed E-state index contributed by atoms with van der Waals surface area (Å²) >= 11 is 3.52. The number of nitro benzene ring substituents is 1. The molecule has 0 atom stereocenters. The van der Waals surface area contributed by atoms with Crippen molar-refractivity contribution in [3.05, 3.63) is 56.5 Å².